The zero-order chi connectivity index (χ0) is 22.9. The van der Waals surface area contributed by atoms with E-state index < -0.39 is 0 Å². The van der Waals surface area contributed by atoms with Crippen LogP contribution in [0, 0.1) is 5.92 Å². The molecule has 2 aliphatic heterocycles. The van der Waals surface area contributed by atoms with Gasteiger partial charge in [0.05, 0.1) is 5.39 Å². The molecule has 7 heteroatoms. The second-order valence-electron chi connectivity index (χ2n) is 9.40. The van der Waals surface area contributed by atoms with Crippen LogP contribution in [0.2, 0.25) is 0 Å². The van der Waals surface area contributed by atoms with E-state index in [1.807, 2.05) is 36.2 Å². The first-order chi connectivity index (χ1) is 16.0. The smallest absolute Gasteiger partial charge is 0.225 e. The van der Waals surface area contributed by atoms with Crippen molar-refractivity contribution in [1.82, 2.24) is 19.8 Å². The molecule has 0 spiro atoms. The maximum atomic E-state index is 12.5. The Kier molecular flexibility index (Phi) is 6.34. The van der Waals surface area contributed by atoms with Gasteiger partial charge in [-0.15, -0.1) is 11.3 Å². The second kappa shape index (κ2) is 9.39. The lowest BCUT2D eigenvalue weighted by atomic mass is 10.0. The second-order valence-corrected chi connectivity index (χ2v) is 10.5. The number of likely N-dealkylation sites (N-methyl/N-ethyl adjacent to an activating group) is 1. The summed E-state index contributed by atoms with van der Waals surface area (Å²) in [7, 11) is 0. The van der Waals surface area contributed by atoms with Crippen molar-refractivity contribution in [3.05, 3.63) is 52.2 Å². The molecule has 1 aromatic carbocycles. The summed E-state index contributed by atoms with van der Waals surface area (Å²) in [4.78, 5) is 32.2. The highest BCUT2D eigenvalue weighted by atomic mass is 32.1. The Hall–Kier alpha value is -2.51. The summed E-state index contributed by atoms with van der Waals surface area (Å²) >= 11 is 1.85. The zero-order valence-electron chi connectivity index (χ0n) is 19.9. The van der Waals surface area contributed by atoms with E-state index in [0.717, 1.165) is 75.1 Å². The number of carbonyl (C=O) groups is 1. The average Bonchev–Trinajstić information content (AvgIpc) is 3.21. The molecule has 33 heavy (non-hydrogen) atoms. The van der Waals surface area contributed by atoms with Crippen molar-refractivity contribution in [1.29, 1.82) is 0 Å². The first-order valence-electron chi connectivity index (χ1n) is 12.1. The van der Waals surface area contributed by atoms with E-state index in [0.29, 0.717) is 0 Å². The van der Waals surface area contributed by atoms with Crippen LogP contribution in [0.5, 0.6) is 0 Å². The van der Waals surface area contributed by atoms with Crippen molar-refractivity contribution < 1.29 is 4.79 Å². The molecule has 0 radical (unpaired) electrons. The molecule has 5 rings (SSSR count). The number of hydrogen-bond acceptors (Lipinski definition) is 6. The largest absolute Gasteiger partial charge is 0.352 e. The monoisotopic (exact) mass is 463 g/mol. The van der Waals surface area contributed by atoms with Crippen molar-refractivity contribution in [2.75, 3.05) is 44.2 Å². The zero-order valence-corrected chi connectivity index (χ0v) is 20.7. The normalized spacial score (nSPS) is 17.1. The highest BCUT2D eigenvalue weighted by molar-refractivity contribution is 7.19. The van der Waals surface area contributed by atoms with Crippen molar-refractivity contribution in [3.63, 3.8) is 0 Å². The van der Waals surface area contributed by atoms with Gasteiger partial charge in [0.25, 0.3) is 0 Å². The molecule has 3 aromatic rings. The van der Waals surface area contributed by atoms with E-state index in [-0.39, 0.29) is 11.8 Å². The molecule has 0 aliphatic carbocycles. The van der Waals surface area contributed by atoms with Crippen LogP contribution in [0.1, 0.15) is 42.6 Å². The molecule has 2 aromatic heterocycles. The first-order valence-corrected chi connectivity index (χ1v) is 13.0. The molecule has 0 atom stereocenters. The number of aromatic nitrogens is 2. The van der Waals surface area contributed by atoms with E-state index in [1.54, 1.807) is 0 Å². The molecule has 1 fully saturated rings. The Bertz CT molecular complexity index is 1130. The molecule has 0 saturated carbocycles. The molecule has 1 amide bonds. The SMILES string of the molecule is CCN1CCc2c(sc3nc(Cc4ccccc4)nc(N4CCN(C(=O)C(C)C)CC4)c23)C1. The number of carbonyl (C=O) groups excluding carboxylic acids is 1. The molecule has 0 bridgehead atoms. The van der Waals surface area contributed by atoms with E-state index >= 15 is 0 Å². The Labute approximate surface area is 200 Å². The van der Waals surface area contributed by atoms with Crippen molar-refractivity contribution in [2.24, 2.45) is 5.92 Å². The van der Waals surface area contributed by atoms with Gasteiger partial charge >= 0.3 is 0 Å². The number of amides is 1. The van der Waals surface area contributed by atoms with E-state index in [9.17, 15) is 4.79 Å². The van der Waals surface area contributed by atoms with Gasteiger partial charge in [0.15, 0.2) is 0 Å². The van der Waals surface area contributed by atoms with Crippen LogP contribution < -0.4 is 4.90 Å². The number of nitrogens with zero attached hydrogens (tertiary/aromatic N) is 5. The van der Waals surface area contributed by atoms with Crippen molar-refractivity contribution in [3.8, 4) is 0 Å². The summed E-state index contributed by atoms with van der Waals surface area (Å²) in [6.07, 6.45) is 1.79. The fraction of sp³-hybridized carbons (Fsp3) is 0.500. The Morgan fingerprint density at radius 3 is 2.52 bits per heavy atom. The van der Waals surface area contributed by atoms with E-state index in [1.165, 1.54) is 21.4 Å². The highest BCUT2D eigenvalue weighted by Gasteiger charge is 2.29. The number of anilines is 1. The van der Waals surface area contributed by atoms with Gasteiger partial charge in [-0.1, -0.05) is 51.1 Å². The van der Waals surface area contributed by atoms with Crippen molar-refractivity contribution in [2.45, 2.75) is 40.2 Å². The maximum Gasteiger partial charge on any atom is 0.225 e. The lowest BCUT2D eigenvalue weighted by Gasteiger charge is -2.36. The molecule has 174 valence electrons. The molecular formula is C26H33N5OS. The number of fused-ring (bicyclic) bond motifs is 3. The molecule has 0 N–H and O–H groups in total. The van der Waals surface area contributed by atoms with Crippen LogP contribution in [-0.2, 0) is 24.2 Å². The Morgan fingerprint density at radius 1 is 1.06 bits per heavy atom. The van der Waals surface area contributed by atoms with Gasteiger partial charge in [0.1, 0.15) is 16.5 Å². The average molecular weight is 464 g/mol. The summed E-state index contributed by atoms with van der Waals surface area (Å²) in [5, 5.41) is 1.26. The highest BCUT2D eigenvalue weighted by Crippen LogP contribution is 2.39. The molecule has 6 nitrogen and oxygen atoms in total. The molecule has 4 heterocycles. The summed E-state index contributed by atoms with van der Waals surface area (Å²) in [5.41, 5.74) is 2.68. The summed E-state index contributed by atoms with van der Waals surface area (Å²) in [6.45, 7) is 12.5. The minimum Gasteiger partial charge on any atom is -0.352 e. The number of hydrogen-bond donors (Lipinski definition) is 0. The summed E-state index contributed by atoms with van der Waals surface area (Å²) in [6, 6.07) is 10.5. The van der Waals surface area contributed by atoms with Gasteiger partial charge in [0, 0.05) is 56.5 Å². The van der Waals surface area contributed by atoms with E-state index in [2.05, 4.69) is 41.0 Å². The van der Waals surface area contributed by atoms with Crippen LogP contribution in [0.15, 0.2) is 30.3 Å². The minimum atomic E-state index is 0.0465. The Morgan fingerprint density at radius 2 is 1.82 bits per heavy atom. The first kappa shape index (κ1) is 22.3. The summed E-state index contributed by atoms with van der Waals surface area (Å²) in [5.74, 6) is 2.25. The number of rotatable bonds is 5. The van der Waals surface area contributed by atoms with Gasteiger partial charge in [-0.2, -0.15) is 0 Å². The number of thiophene rings is 1. The predicted octanol–water partition coefficient (Wildman–Crippen LogP) is 3.96. The topological polar surface area (TPSA) is 52.6 Å². The van der Waals surface area contributed by atoms with E-state index in [4.69, 9.17) is 9.97 Å². The van der Waals surface area contributed by atoms with Crippen LogP contribution in [0.25, 0.3) is 10.2 Å². The quantitative estimate of drug-likeness (QED) is 0.573. The third kappa shape index (κ3) is 4.49. The van der Waals surface area contributed by atoms with Gasteiger partial charge < -0.3 is 9.80 Å². The van der Waals surface area contributed by atoms with Gasteiger partial charge in [-0.25, -0.2) is 9.97 Å². The molecular weight excluding hydrogens is 430 g/mol. The fourth-order valence-electron chi connectivity index (χ4n) is 4.93. The third-order valence-corrected chi connectivity index (χ3v) is 7.95. The standard InChI is InChI=1S/C26H33N5OS/c1-4-29-11-10-20-21(17-29)33-25-23(20)24(27-22(28-25)16-19-8-6-5-7-9-19)30-12-14-31(15-13-30)26(32)18(2)3/h5-9,18H,4,10-17H2,1-3H3. The number of benzene rings is 1. The summed E-state index contributed by atoms with van der Waals surface area (Å²) < 4.78 is 0. The molecule has 1 saturated heterocycles. The Balaban J connectivity index is 1.51. The maximum absolute atomic E-state index is 12.5. The minimum absolute atomic E-state index is 0.0465. The van der Waals surface area contributed by atoms with Crippen LogP contribution >= 0.6 is 11.3 Å². The van der Waals surface area contributed by atoms with Gasteiger partial charge in [0.2, 0.25) is 5.91 Å². The fourth-order valence-corrected chi connectivity index (χ4v) is 6.21. The lowest BCUT2D eigenvalue weighted by Crippen LogP contribution is -2.50. The van der Waals surface area contributed by atoms with Crippen LogP contribution in [-0.4, -0.2) is 64.9 Å². The molecule has 0 unspecified atom stereocenters. The van der Waals surface area contributed by atoms with Crippen LogP contribution in [0.4, 0.5) is 5.82 Å². The van der Waals surface area contributed by atoms with Crippen LogP contribution in [0.3, 0.4) is 0 Å². The van der Waals surface area contributed by atoms with Crippen molar-refractivity contribution >= 4 is 33.3 Å². The van der Waals surface area contributed by atoms with Gasteiger partial charge in [-0.05, 0) is 24.1 Å². The van der Waals surface area contributed by atoms with Gasteiger partial charge in [-0.3, -0.25) is 9.69 Å². The molecule has 2 aliphatic rings. The lowest BCUT2D eigenvalue weighted by molar-refractivity contribution is -0.134. The predicted molar refractivity (Wildman–Crippen MR) is 135 cm³/mol. The third-order valence-electron chi connectivity index (χ3n) is 6.84. The number of piperazine rings is 1.